The zero-order valence-corrected chi connectivity index (χ0v) is 12.3. The van der Waals surface area contributed by atoms with E-state index in [9.17, 15) is 4.79 Å². The van der Waals surface area contributed by atoms with Crippen LogP contribution in [0.1, 0.15) is 23.5 Å². The molecule has 5 nitrogen and oxygen atoms in total. The van der Waals surface area contributed by atoms with E-state index >= 15 is 0 Å². The van der Waals surface area contributed by atoms with Crippen LogP contribution in [0.4, 0.5) is 5.82 Å². The van der Waals surface area contributed by atoms with Crippen molar-refractivity contribution < 1.29 is 9.53 Å². The summed E-state index contributed by atoms with van der Waals surface area (Å²) in [5.41, 5.74) is 2.04. The summed E-state index contributed by atoms with van der Waals surface area (Å²) in [6, 6.07) is 17.5. The summed E-state index contributed by atoms with van der Waals surface area (Å²) in [5, 5.41) is 9.67. The Hall–Kier alpha value is -3.08. The molecule has 0 bridgehead atoms. The van der Waals surface area contributed by atoms with E-state index in [0.29, 0.717) is 12.2 Å². The van der Waals surface area contributed by atoms with Crippen LogP contribution in [0, 0.1) is 0 Å². The number of aromatic nitrogens is 2. The van der Waals surface area contributed by atoms with Gasteiger partial charge in [0.05, 0.1) is 6.20 Å². The summed E-state index contributed by atoms with van der Waals surface area (Å²) in [6.07, 6.45) is 2.17. The van der Waals surface area contributed by atoms with Crippen molar-refractivity contribution in [3.05, 3.63) is 71.9 Å². The fourth-order valence-electron chi connectivity index (χ4n) is 2.86. The van der Waals surface area contributed by atoms with Gasteiger partial charge in [-0.2, -0.15) is 5.10 Å². The quantitative estimate of drug-likeness (QED) is 0.775. The molecule has 0 saturated carbocycles. The van der Waals surface area contributed by atoms with Crippen molar-refractivity contribution in [1.29, 1.82) is 0 Å². The summed E-state index contributed by atoms with van der Waals surface area (Å²) in [4.78, 5) is 11.9. The number of hydrogen-bond donors (Lipinski definition) is 2. The third-order valence-corrected chi connectivity index (χ3v) is 3.94. The lowest BCUT2D eigenvalue weighted by Gasteiger charge is -2.22. The van der Waals surface area contributed by atoms with Crippen molar-refractivity contribution in [2.45, 2.75) is 12.3 Å². The van der Waals surface area contributed by atoms with Crippen molar-refractivity contribution in [3.8, 4) is 11.5 Å². The van der Waals surface area contributed by atoms with Gasteiger partial charge < -0.3 is 10.1 Å². The maximum absolute atomic E-state index is 11.9. The molecule has 1 aliphatic rings. The van der Waals surface area contributed by atoms with Gasteiger partial charge in [0.2, 0.25) is 5.91 Å². The molecule has 2 N–H and O–H groups in total. The minimum absolute atomic E-state index is 0.0128. The normalized spacial score (nSPS) is 16.5. The van der Waals surface area contributed by atoms with Gasteiger partial charge in [-0.15, -0.1) is 0 Å². The molecule has 3 aromatic rings. The molecule has 1 atom stereocenters. The largest absolute Gasteiger partial charge is 0.457 e. The van der Waals surface area contributed by atoms with E-state index in [1.54, 1.807) is 6.20 Å². The molecule has 5 heteroatoms. The van der Waals surface area contributed by atoms with E-state index in [1.165, 1.54) is 0 Å². The average Bonchev–Trinajstić information content (AvgIpc) is 3.03. The summed E-state index contributed by atoms with van der Waals surface area (Å²) in [7, 11) is 0. The number of rotatable bonds is 3. The summed E-state index contributed by atoms with van der Waals surface area (Å²) < 4.78 is 5.88. The SMILES string of the molecule is O=C1CC(c2cccc(Oc3ccccc3)c2)c2cn[nH]c2N1. The molecule has 0 aliphatic carbocycles. The fourth-order valence-corrected chi connectivity index (χ4v) is 2.86. The molecule has 1 aromatic heterocycles. The predicted octanol–water partition coefficient (Wildman–Crippen LogP) is 3.68. The fraction of sp³-hybridized carbons (Fsp3) is 0.111. The van der Waals surface area contributed by atoms with Crippen LogP contribution in [0.5, 0.6) is 11.5 Å². The van der Waals surface area contributed by atoms with Gasteiger partial charge in [0, 0.05) is 17.9 Å². The first-order valence-electron chi connectivity index (χ1n) is 7.45. The summed E-state index contributed by atoms with van der Waals surface area (Å²) in [5.74, 6) is 2.19. The number of nitrogens with one attached hydrogen (secondary N) is 2. The zero-order chi connectivity index (χ0) is 15.6. The van der Waals surface area contributed by atoms with E-state index in [1.807, 2.05) is 54.6 Å². The number of nitrogens with zero attached hydrogens (tertiary/aromatic N) is 1. The minimum atomic E-state index is -0.0168. The van der Waals surface area contributed by atoms with Crippen LogP contribution < -0.4 is 10.1 Å². The molecule has 2 heterocycles. The number of carbonyl (C=O) groups excluding carboxylic acids is 1. The number of aromatic amines is 1. The van der Waals surface area contributed by atoms with E-state index in [0.717, 1.165) is 22.6 Å². The molecule has 23 heavy (non-hydrogen) atoms. The van der Waals surface area contributed by atoms with E-state index in [2.05, 4.69) is 15.5 Å². The Labute approximate surface area is 133 Å². The lowest BCUT2D eigenvalue weighted by molar-refractivity contribution is -0.116. The highest BCUT2D eigenvalue weighted by Crippen LogP contribution is 2.37. The summed E-state index contributed by atoms with van der Waals surface area (Å²) in [6.45, 7) is 0. The van der Waals surface area contributed by atoms with Gasteiger partial charge >= 0.3 is 0 Å². The molecule has 2 aromatic carbocycles. The van der Waals surface area contributed by atoms with E-state index in [-0.39, 0.29) is 11.8 Å². The second-order valence-electron chi connectivity index (χ2n) is 5.49. The third kappa shape index (κ3) is 2.68. The first-order chi connectivity index (χ1) is 11.3. The predicted molar refractivity (Wildman–Crippen MR) is 86.6 cm³/mol. The third-order valence-electron chi connectivity index (χ3n) is 3.94. The van der Waals surface area contributed by atoms with Crippen LogP contribution in [0.15, 0.2) is 60.8 Å². The van der Waals surface area contributed by atoms with Gasteiger partial charge in [-0.1, -0.05) is 30.3 Å². The number of ether oxygens (including phenoxy) is 1. The molecule has 0 radical (unpaired) electrons. The Morgan fingerprint density at radius 3 is 2.74 bits per heavy atom. The average molecular weight is 305 g/mol. The van der Waals surface area contributed by atoms with Crippen molar-refractivity contribution >= 4 is 11.7 Å². The second-order valence-corrected chi connectivity index (χ2v) is 5.49. The molecule has 1 unspecified atom stereocenters. The molecular formula is C18H15N3O2. The highest BCUT2D eigenvalue weighted by Gasteiger charge is 2.28. The monoisotopic (exact) mass is 305 g/mol. The van der Waals surface area contributed by atoms with Gasteiger partial charge in [0.15, 0.2) is 0 Å². The van der Waals surface area contributed by atoms with Gasteiger partial charge in [0.25, 0.3) is 0 Å². The highest BCUT2D eigenvalue weighted by atomic mass is 16.5. The van der Waals surface area contributed by atoms with Crippen molar-refractivity contribution in [1.82, 2.24) is 10.2 Å². The lowest BCUT2D eigenvalue weighted by atomic mass is 9.87. The second kappa shape index (κ2) is 5.61. The molecule has 114 valence electrons. The van der Waals surface area contributed by atoms with Gasteiger partial charge in [-0.05, 0) is 29.8 Å². The Bertz CT molecular complexity index is 842. The summed E-state index contributed by atoms with van der Waals surface area (Å²) >= 11 is 0. The topological polar surface area (TPSA) is 67.0 Å². The number of benzene rings is 2. The maximum atomic E-state index is 11.9. The standard InChI is InChI=1S/C18H15N3O2/c22-17-10-15(16-11-19-21-18(16)20-17)12-5-4-8-14(9-12)23-13-6-2-1-3-7-13/h1-9,11,15H,10H2,(H2,19,20,21,22). The van der Waals surface area contributed by atoms with Crippen LogP contribution in [-0.4, -0.2) is 16.1 Å². The van der Waals surface area contributed by atoms with Crippen molar-refractivity contribution in [2.75, 3.05) is 5.32 Å². The minimum Gasteiger partial charge on any atom is -0.457 e. The van der Waals surface area contributed by atoms with Gasteiger partial charge in [0.1, 0.15) is 17.3 Å². The number of carbonyl (C=O) groups is 1. The van der Waals surface area contributed by atoms with Crippen LogP contribution in [0.25, 0.3) is 0 Å². The molecular weight excluding hydrogens is 290 g/mol. The number of fused-ring (bicyclic) bond motifs is 1. The van der Waals surface area contributed by atoms with Crippen LogP contribution in [0.3, 0.4) is 0 Å². The van der Waals surface area contributed by atoms with Crippen molar-refractivity contribution in [2.24, 2.45) is 0 Å². The Kier molecular flexibility index (Phi) is 3.31. The van der Waals surface area contributed by atoms with Crippen LogP contribution in [-0.2, 0) is 4.79 Å². The smallest absolute Gasteiger partial charge is 0.226 e. The molecule has 4 rings (SSSR count). The van der Waals surface area contributed by atoms with Crippen LogP contribution in [0.2, 0.25) is 0 Å². The first kappa shape index (κ1) is 13.6. The number of H-pyrrole nitrogens is 1. The Morgan fingerprint density at radius 2 is 1.87 bits per heavy atom. The van der Waals surface area contributed by atoms with Crippen LogP contribution >= 0.6 is 0 Å². The van der Waals surface area contributed by atoms with Crippen molar-refractivity contribution in [3.63, 3.8) is 0 Å². The molecule has 1 amide bonds. The highest BCUT2D eigenvalue weighted by molar-refractivity contribution is 5.94. The number of para-hydroxylation sites is 1. The molecule has 0 saturated heterocycles. The lowest BCUT2D eigenvalue weighted by Crippen LogP contribution is -2.22. The number of anilines is 1. The maximum Gasteiger partial charge on any atom is 0.226 e. The van der Waals surface area contributed by atoms with Gasteiger partial charge in [-0.25, -0.2) is 0 Å². The molecule has 1 aliphatic heterocycles. The van der Waals surface area contributed by atoms with E-state index < -0.39 is 0 Å². The number of amides is 1. The number of hydrogen-bond acceptors (Lipinski definition) is 3. The van der Waals surface area contributed by atoms with Gasteiger partial charge in [-0.3, -0.25) is 9.89 Å². The zero-order valence-electron chi connectivity index (χ0n) is 12.3. The van der Waals surface area contributed by atoms with E-state index in [4.69, 9.17) is 4.74 Å². The Balaban J connectivity index is 1.66. The first-order valence-corrected chi connectivity index (χ1v) is 7.45. The Morgan fingerprint density at radius 1 is 1.04 bits per heavy atom. The molecule has 0 fully saturated rings. The molecule has 0 spiro atoms.